The van der Waals surface area contributed by atoms with E-state index in [4.69, 9.17) is 0 Å². The van der Waals surface area contributed by atoms with Crippen LogP contribution in [0.5, 0.6) is 0 Å². The fourth-order valence-electron chi connectivity index (χ4n) is 4.33. The van der Waals surface area contributed by atoms with Crippen LogP contribution in [0.15, 0.2) is 57.6 Å². The first-order valence-corrected chi connectivity index (χ1v) is 11.2. The fraction of sp³-hybridized carbons (Fsp3) is 0.500. The molecule has 2 aliphatic carbocycles. The van der Waals surface area contributed by atoms with Gasteiger partial charge in [-0.25, -0.2) is 0 Å². The van der Waals surface area contributed by atoms with Gasteiger partial charge in [-0.3, -0.25) is 0 Å². The molecule has 0 saturated heterocycles. The zero-order valence-corrected chi connectivity index (χ0v) is 17.9. The third kappa shape index (κ3) is 3.80. The maximum atomic E-state index is 12.5. The van der Waals surface area contributed by atoms with Gasteiger partial charge >= 0.3 is 0 Å². The molecule has 28 heavy (non-hydrogen) atoms. The normalized spacial score (nSPS) is 29.5. The summed E-state index contributed by atoms with van der Waals surface area (Å²) in [6.45, 7) is 12.1. The van der Waals surface area contributed by atoms with Gasteiger partial charge in [-0.1, -0.05) is 42.3 Å². The van der Waals surface area contributed by atoms with Crippen molar-refractivity contribution in [2.45, 2.75) is 64.4 Å². The molecule has 0 radical (unpaired) electrons. The van der Waals surface area contributed by atoms with E-state index in [1.807, 2.05) is 20.8 Å². The first kappa shape index (κ1) is 20.8. The average Bonchev–Trinajstić information content (AvgIpc) is 2.63. The maximum absolute atomic E-state index is 12.5. The number of sulfonamides is 1. The quantitative estimate of drug-likeness (QED) is 0.588. The first-order chi connectivity index (χ1) is 13.0. The number of allylic oxidation sites excluding steroid dienone is 2. The SMILES string of the molecule is C=C(C)[C@H]1CC2=C(C)/C(=N/NS(=O)(=O)c3ccc(C)cc3)CC[C@@]2(C)[C@H](O)C1. The van der Waals surface area contributed by atoms with Gasteiger partial charge in [0.05, 0.1) is 16.7 Å². The summed E-state index contributed by atoms with van der Waals surface area (Å²) in [5, 5.41) is 15.1. The Morgan fingerprint density at radius 2 is 1.93 bits per heavy atom. The standard InChI is InChI=1S/C22H30N2O3S/c1-14(2)17-12-19-16(4)20(10-11-22(19,5)21(25)13-17)23-24-28(26,27)18-8-6-15(3)7-9-18/h6-9,17,21,24-25H,1,10-13H2,2-5H3/b23-20+/t17-,21+,22+/m0/s1. The number of benzene rings is 1. The number of nitrogens with zero attached hydrogens (tertiary/aromatic N) is 1. The highest BCUT2D eigenvalue weighted by atomic mass is 32.2. The minimum atomic E-state index is -3.70. The summed E-state index contributed by atoms with van der Waals surface area (Å²) < 4.78 is 25.1. The lowest BCUT2D eigenvalue weighted by molar-refractivity contribution is 0.0169. The monoisotopic (exact) mass is 402 g/mol. The molecule has 5 nitrogen and oxygen atoms in total. The van der Waals surface area contributed by atoms with Gasteiger partial charge in [0, 0.05) is 5.41 Å². The van der Waals surface area contributed by atoms with Crippen molar-refractivity contribution in [3.63, 3.8) is 0 Å². The van der Waals surface area contributed by atoms with E-state index in [0.29, 0.717) is 6.42 Å². The number of aryl methyl sites for hydroxylation is 1. The first-order valence-electron chi connectivity index (χ1n) is 9.73. The second-order valence-corrected chi connectivity index (χ2v) is 10.1. The number of aliphatic hydroxyl groups excluding tert-OH is 1. The lowest BCUT2D eigenvalue weighted by Gasteiger charge is -2.47. The van der Waals surface area contributed by atoms with Crippen molar-refractivity contribution < 1.29 is 13.5 Å². The largest absolute Gasteiger partial charge is 0.392 e. The van der Waals surface area contributed by atoms with E-state index in [9.17, 15) is 13.5 Å². The lowest BCUT2D eigenvalue weighted by atomic mass is 9.59. The molecule has 1 fully saturated rings. The van der Waals surface area contributed by atoms with Gasteiger partial charge in [0.2, 0.25) is 0 Å². The minimum absolute atomic E-state index is 0.198. The molecular formula is C22H30N2O3S. The molecule has 2 aliphatic rings. The Labute approximate surface area is 168 Å². The molecule has 152 valence electrons. The molecule has 3 rings (SSSR count). The van der Waals surface area contributed by atoms with Crippen molar-refractivity contribution in [2.24, 2.45) is 16.4 Å². The zero-order valence-electron chi connectivity index (χ0n) is 17.1. The predicted octanol–water partition coefficient (Wildman–Crippen LogP) is 4.09. The maximum Gasteiger partial charge on any atom is 0.276 e. The fourth-order valence-corrected chi connectivity index (χ4v) is 5.16. The summed E-state index contributed by atoms with van der Waals surface area (Å²) in [6.07, 6.45) is 2.55. The van der Waals surface area contributed by atoms with Crippen molar-refractivity contribution >= 4 is 15.7 Å². The molecule has 3 atom stereocenters. The van der Waals surface area contributed by atoms with E-state index in [-0.39, 0.29) is 16.2 Å². The van der Waals surface area contributed by atoms with Gasteiger partial charge in [0.1, 0.15) is 0 Å². The van der Waals surface area contributed by atoms with Crippen molar-refractivity contribution in [1.82, 2.24) is 4.83 Å². The second-order valence-electron chi connectivity index (χ2n) is 8.49. The van der Waals surface area contributed by atoms with Gasteiger partial charge in [0.15, 0.2) is 0 Å². The zero-order chi connectivity index (χ0) is 20.7. The Kier molecular flexibility index (Phi) is 5.56. The van der Waals surface area contributed by atoms with Crippen LogP contribution < -0.4 is 4.83 Å². The third-order valence-corrected chi connectivity index (χ3v) is 7.70. The average molecular weight is 403 g/mol. The number of fused-ring (bicyclic) bond motifs is 1. The summed E-state index contributed by atoms with van der Waals surface area (Å²) in [6, 6.07) is 6.69. The van der Waals surface area contributed by atoms with Crippen LogP contribution in [-0.2, 0) is 10.0 Å². The van der Waals surface area contributed by atoms with Crippen LogP contribution in [0.4, 0.5) is 0 Å². The highest BCUT2D eigenvalue weighted by Crippen LogP contribution is 2.51. The Hall–Kier alpha value is -1.92. The smallest absolute Gasteiger partial charge is 0.276 e. The van der Waals surface area contributed by atoms with Gasteiger partial charge in [0.25, 0.3) is 10.0 Å². The lowest BCUT2D eigenvalue weighted by Crippen LogP contribution is -2.44. The Bertz CT molecular complexity index is 944. The van der Waals surface area contributed by atoms with E-state index >= 15 is 0 Å². The van der Waals surface area contributed by atoms with Crippen LogP contribution in [0.1, 0.15) is 52.0 Å². The van der Waals surface area contributed by atoms with Gasteiger partial charge < -0.3 is 5.11 Å². The molecule has 1 saturated carbocycles. The molecule has 0 spiro atoms. The van der Waals surface area contributed by atoms with Crippen molar-refractivity contribution in [1.29, 1.82) is 0 Å². The van der Waals surface area contributed by atoms with E-state index in [2.05, 4.69) is 23.4 Å². The molecule has 0 aromatic heterocycles. The van der Waals surface area contributed by atoms with E-state index < -0.39 is 16.1 Å². The van der Waals surface area contributed by atoms with E-state index in [0.717, 1.165) is 41.7 Å². The van der Waals surface area contributed by atoms with E-state index in [1.54, 1.807) is 24.3 Å². The molecule has 0 heterocycles. The highest BCUT2D eigenvalue weighted by Gasteiger charge is 2.46. The summed E-state index contributed by atoms with van der Waals surface area (Å²) in [5.41, 5.74) is 4.72. The summed E-state index contributed by atoms with van der Waals surface area (Å²) in [5.74, 6) is 0.247. The van der Waals surface area contributed by atoms with Crippen LogP contribution in [0, 0.1) is 18.3 Å². The van der Waals surface area contributed by atoms with E-state index in [1.165, 1.54) is 5.57 Å². The second kappa shape index (κ2) is 7.48. The molecule has 1 aromatic carbocycles. The number of hydrogen-bond donors (Lipinski definition) is 2. The van der Waals surface area contributed by atoms with Gasteiger partial charge in [-0.2, -0.15) is 18.4 Å². The minimum Gasteiger partial charge on any atom is -0.392 e. The third-order valence-electron chi connectivity index (χ3n) is 6.48. The molecule has 2 N–H and O–H groups in total. The Balaban J connectivity index is 1.90. The van der Waals surface area contributed by atoms with Gasteiger partial charge in [-0.05, 0) is 70.1 Å². The summed E-state index contributed by atoms with van der Waals surface area (Å²) in [7, 11) is -3.70. The van der Waals surface area contributed by atoms with Crippen molar-refractivity contribution in [3.8, 4) is 0 Å². The summed E-state index contributed by atoms with van der Waals surface area (Å²) >= 11 is 0. The number of nitrogens with one attached hydrogen (secondary N) is 1. The molecular weight excluding hydrogens is 372 g/mol. The molecule has 1 aromatic rings. The number of aliphatic hydroxyl groups is 1. The Morgan fingerprint density at radius 1 is 1.29 bits per heavy atom. The topological polar surface area (TPSA) is 78.8 Å². The number of rotatable bonds is 4. The van der Waals surface area contributed by atoms with Crippen LogP contribution in [0.25, 0.3) is 0 Å². The number of hydrazone groups is 1. The Morgan fingerprint density at radius 3 is 2.54 bits per heavy atom. The van der Waals surface area contributed by atoms with Crippen molar-refractivity contribution in [2.75, 3.05) is 0 Å². The predicted molar refractivity (Wildman–Crippen MR) is 113 cm³/mol. The van der Waals surface area contributed by atoms with Crippen molar-refractivity contribution in [3.05, 3.63) is 53.1 Å². The highest BCUT2D eigenvalue weighted by molar-refractivity contribution is 7.89. The van der Waals surface area contributed by atoms with Crippen LogP contribution in [0.3, 0.4) is 0 Å². The number of hydrogen-bond acceptors (Lipinski definition) is 4. The van der Waals surface area contributed by atoms with Crippen LogP contribution >= 0.6 is 0 Å². The molecule has 6 heteroatoms. The van der Waals surface area contributed by atoms with Crippen LogP contribution in [-0.4, -0.2) is 25.3 Å². The molecule has 0 amide bonds. The molecule has 0 aliphatic heterocycles. The van der Waals surface area contributed by atoms with Crippen LogP contribution in [0.2, 0.25) is 0 Å². The van der Waals surface area contributed by atoms with Gasteiger partial charge in [-0.15, -0.1) is 0 Å². The molecule has 0 unspecified atom stereocenters. The molecule has 0 bridgehead atoms. The summed E-state index contributed by atoms with van der Waals surface area (Å²) in [4.78, 5) is 2.59.